The minimum Gasteiger partial charge on any atom is -0.697 e. The van der Waals surface area contributed by atoms with Crippen molar-refractivity contribution in [1.29, 1.82) is 0 Å². The molecule has 0 aromatic heterocycles. The zero-order chi connectivity index (χ0) is 39.2. The van der Waals surface area contributed by atoms with E-state index in [0.29, 0.717) is 0 Å². The number of nitrogens with one attached hydrogen (secondary N) is 1. The van der Waals surface area contributed by atoms with Crippen LogP contribution in [-0.2, 0) is 4.74 Å². The Labute approximate surface area is 295 Å². The number of rotatable bonds is 14. The van der Waals surface area contributed by atoms with Crippen molar-refractivity contribution in [3.8, 4) is 17.9 Å². The Bertz CT molecular complexity index is 1630. The van der Waals surface area contributed by atoms with E-state index < -0.39 is 70.1 Å². The summed E-state index contributed by atoms with van der Waals surface area (Å²) >= 11 is 0. The quantitative estimate of drug-likeness (QED) is 0.0297. The molecule has 16 heteroatoms. The summed E-state index contributed by atoms with van der Waals surface area (Å²) in [6, 6.07) is 2.27. The minimum atomic E-state index is -2.42. The van der Waals surface area contributed by atoms with Gasteiger partial charge in [-0.05, 0) is 78.3 Å². The maximum Gasteiger partial charge on any atom is 0.344 e. The van der Waals surface area contributed by atoms with Gasteiger partial charge in [0.1, 0.15) is 17.5 Å². The van der Waals surface area contributed by atoms with Crippen molar-refractivity contribution in [3.05, 3.63) is 100 Å². The van der Waals surface area contributed by atoms with Gasteiger partial charge in [0.2, 0.25) is 40.9 Å². The van der Waals surface area contributed by atoms with Gasteiger partial charge in [0, 0.05) is 13.1 Å². The van der Waals surface area contributed by atoms with E-state index >= 15 is 0 Å². The third-order valence-corrected chi connectivity index (χ3v) is 6.73. The van der Waals surface area contributed by atoms with Gasteiger partial charge in [-0.1, -0.05) is 18.6 Å². The fourth-order valence-corrected chi connectivity index (χ4v) is 3.98. The first-order valence-corrected chi connectivity index (χ1v) is 15.5. The molecule has 0 heterocycles. The van der Waals surface area contributed by atoms with Crippen LogP contribution < -0.4 is 20.5 Å². The number of allylic oxidation sites excluding steroid dienone is 3. The summed E-state index contributed by atoms with van der Waals surface area (Å²) in [5, 5.41) is 6.42. The van der Waals surface area contributed by atoms with E-state index in [4.69, 9.17) is 21.6 Å². The number of carbonyl (C=O) groups is 3. The van der Waals surface area contributed by atoms with Crippen molar-refractivity contribution in [2.45, 2.75) is 66.6 Å². The normalized spacial score (nSPS) is 12.2. The molecule has 0 aliphatic heterocycles. The van der Waals surface area contributed by atoms with Crippen LogP contribution in [0.5, 0.6) is 11.5 Å². The Kier molecular flexibility index (Phi) is 18.1. The van der Waals surface area contributed by atoms with E-state index in [9.17, 15) is 36.3 Å². The summed E-state index contributed by atoms with van der Waals surface area (Å²) in [5.74, 6) is -15.8. The number of carbonyl (C=O) groups excluding carboxylic acids is 3. The van der Waals surface area contributed by atoms with Gasteiger partial charge in [-0.2, -0.15) is 8.78 Å². The summed E-state index contributed by atoms with van der Waals surface area (Å²) in [7, 11) is 3.96. The van der Waals surface area contributed by atoms with Gasteiger partial charge < -0.3 is 48.3 Å². The first kappa shape index (κ1) is 45.9. The largest absolute Gasteiger partial charge is 0.697 e. The second-order valence-electron chi connectivity index (χ2n) is 11.9. The Morgan fingerprint density at radius 3 is 2.10 bits per heavy atom. The molecule has 0 fully saturated rings. The predicted octanol–water partition coefficient (Wildman–Crippen LogP) is 7.21. The number of aryl methyl sites for hydroxylation is 1. The summed E-state index contributed by atoms with van der Waals surface area (Å²) in [6.07, 6.45) is 11.4. The number of hydrogen-bond donors (Lipinski definition) is 2. The maximum atomic E-state index is 14.3. The second-order valence-corrected chi connectivity index (χ2v) is 11.9. The molecule has 0 bridgehead atoms. The smallest absolute Gasteiger partial charge is 0.344 e. The number of hydrogen-bond acceptors (Lipinski definition) is 8. The number of nitrogens with zero attached hydrogens (tertiary/aromatic N) is 2. The number of benzene rings is 2. The SMILES string of the molecule is [C-]#C.[CH2-]N(CC[N-]C(=O)OC(C)(C)C)C[C@@H](Oc1cc(C)c(C(=O)Oc2c(F)c(F)c(F)c(F)c2F)cc1C(=O)NCC)/C(N)=C/C=C(/C)CC.[Lr]. The molecule has 52 heavy (non-hydrogen) atoms. The molecule has 3 N–H and O–H groups in total. The van der Waals surface area contributed by atoms with Gasteiger partial charge in [0.05, 0.1) is 16.8 Å². The number of terminal acetylenes is 1. The van der Waals surface area contributed by atoms with Crippen LogP contribution in [0.2, 0.25) is 0 Å². The van der Waals surface area contributed by atoms with E-state index in [0.717, 1.165) is 18.1 Å². The van der Waals surface area contributed by atoms with Gasteiger partial charge >= 0.3 is 5.97 Å². The van der Waals surface area contributed by atoms with Crippen LogP contribution in [0, 0.1) is 55.9 Å². The molecule has 2 aromatic rings. The molecule has 1 radical (unpaired) electrons. The van der Waals surface area contributed by atoms with Crippen LogP contribution in [0.1, 0.15) is 74.2 Å². The van der Waals surface area contributed by atoms with E-state index in [1.54, 1.807) is 39.8 Å². The van der Waals surface area contributed by atoms with E-state index in [1.807, 2.05) is 13.8 Å². The molecular weight excluding hydrogens is 941 g/mol. The first-order chi connectivity index (χ1) is 23.8. The van der Waals surface area contributed by atoms with Crippen LogP contribution in [0.3, 0.4) is 0 Å². The fraction of sp³-hybridized carbons (Fsp3) is 0.389. The molecule has 2 amide bonds. The van der Waals surface area contributed by atoms with Crippen LogP contribution in [0.4, 0.5) is 26.7 Å². The third kappa shape index (κ3) is 13.0. The minimum absolute atomic E-state index is 0. The number of esters is 1. The van der Waals surface area contributed by atoms with Gasteiger partial charge in [-0.25, -0.2) is 18.0 Å². The summed E-state index contributed by atoms with van der Waals surface area (Å²) in [4.78, 5) is 39.7. The number of halogens is 5. The molecule has 2 rings (SSSR count). The zero-order valence-corrected chi connectivity index (χ0v) is 31.9. The molecule has 10 nitrogen and oxygen atoms in total. The molecule has 2 aromatic carbocycles. The van der Waals surface area contributed by atoms with Gasteiger partial charge in [0.25, 0.3) is 5.91 Å². The van der Waals surface area contributed by atoms with Crippen molar-refractivity contribution in [2.24, 2.45) is 5.73 Å². The van der Waals surface area contributed by atoms with E-state index in [1.165, 1.54) is 17.9 Å². The summed E-state index contributed by atoms with van der Waals surface area (Å²) < 4.78 is 85.5. The summed E-state index contributed by atoms with van der Waals surface area (Å²) in [6.45, 7) is 12.4. The topological polar surface area (TPSA) is 134 Å². The zero-order valence-electron chi connectivity index (χ0n) is 29.8. The maximum absolute atomic E-state index is 14.3. The Hall–Kier alpha value is -6.10. The molecular formula is C36H42F5LrN4O6-3. The fourth-order valence-electron chi connectivity index (χ4n) is 3.98. The van der Waals surface area contributed by atoms with Crippen molar-refractivity contribution >= 4 is 18.0 Å². The van der Waals surface area contributed by atoms with E-state index in [2.05, 4.69) is 28.8 Å². The average molecular weight is 984 g/mol. The molecule has 295 valence electrons. The monoisotopic (exact) mass is 983 g/mol. The van der Waals surface area contributed by atoms with E-state index in [-0.39, 0.29) is 48.8 Å². The van der Waals surface area contributed by atoms with Crippen molar-refractivity contribution in [3.63, 3.8) is 0 Å². The van der Waals surface area contributed by atoms with Gasteiger partial charge in [-0.3, -0.25) is 16.6 Å². The van der Waals surface area contributed by atoms with Crippen LogP contribution in [0.25, 0.3) is 5.32 Å². The molecule has 1 atom stereocenters. The molecule has 0 saturated carbocycles. The molecule has 0 unspecified atom stereocenters. The van der Waals surface area contributed by atoms with Crippen LogP contribution in [0.15, 0.2) is 35.6 Å². The third-order valence-electron chi connectivity index (χ3n) is 6.73. The average Bonchev–Trinajstić information content (AvgIpc) is 3.06. The molecule has 0 aliphatic carbocycles. The van der Waals surface area contributed by atoms with Crippen molar-refractivity contribution < 1.29 is 50.5 Å². The standard InChI is InChI=1S/C34H42F5N4O6.C2H.Lr/c1-9-18(3)11-12-22(40)24(17-43(8)14-13-42-33(46)49-34(5,6)7)47-23-15-19(4)20(16-21(23)31(44)41-10-2)32(45)48-30-28(38)26(36)25(35)27(37)29(30)39;1-2;/h11-12,15-16,24H,8-10,13-14,17,40H2,1-7H3,(H2,41,42,44,46);1H;/q2*-1;/p-1/b18-11-,22-12-;;/t24-;;/m1../s1. The van der Waals surface area contributed by atoms with Gasteiger partial charge in [-0.15, -0.1) is 6.54 Å². The Morgan fingerprint density at radius 2 is 1.58 bits per heavy atom. The number of ether oxygens (including phenoxy) is 3. The Balaban J connectivity index is 0.00000851. The second kappa shape index (κ2) is 20.5. The van der Waals surface area contributed by atoms with Crippen LogP contribution >= 0.6 is 0 Å². The van der Waals surface area contributed by atoms with Crippen LogP contribution in [-0.4, -0.2) is 60.8 Å². The van der Waals surface area contributed by atoms with Gasteiger partial charge in [0.15, 0.2) is 0 Å². The molecule has 0 aliphatic rings. The first-order valence-electron chi connectivity index (χ1n) is 15.5. The van der Waals surface area contributed by atoms with Crippen molar-refractivity contribution in [1.82, 2.24) is 10.2 Å². The van der Waals surface area contributed by atoms with Crippen molar-refractivity contribution in [2.75, 3.05) is 26.2 Å². The number of nitrogens with two attached hydrogens (primary N) is 1. The molecule has 0 spiro atoms. The Morgan fingerprint density at radius 1 is 1.02 bits per heavy atom. The predicted molar refractivity (Wildman–Crippen MR) is 181 cm³/mol. The summed E-state index contributed by atoms with van der Waals surface area (Å²) in [5.41, 5.74) is 6.32. The molecule has 0 saturated heterocycles. The number of amides is 2.